The van der Waals surface area contributed by atoms with Gasteiger partial charge in [-0.3, -0.25) is 4.99 Å². The third kappa shape index (κ3) is 9.47. The first-order chi connectivity index (χ1) is 9.38. The van der Waals surface area contributed by atoms with Crippen molar-refractivity contribution in [1.82, 2.24) is 16.0 Å². The summed E-state index contributed by atoms with van der Waals surface area (Å²) < 4.78 is 4.93. The number of carbonyl (C=O) groups is 1. The Morgan fingerprint density at radius 3 is 2.30 bits per heavy atom. The third-order valence-electron chi connectivity index (χ3n) is 2.52. The van der Waals surface area contributed by atoms with Gasteiger partial charge in [0.2, 0.25) is 0 Å². The zero-order valence-electron chi connectivity index (χ0n) is 13.6. The second-order valence-corrected chi connectivity index (χ2v) is 5.44. The zero-order chi connectivity index (χ0) is 15.5. The summed E-state index contributed by atoms with van der Waals surface area (Å²) in [6.07, 6.45) is 0.511. The first kappa shape index (κ1) is 18.5. The molecule has 0 bridgehead atoms. The summed E-state index contributed by atoms with van der Waals surface area (Å²) in [4.78, 5) is 15.7. The van der Waals surface area contributed by atoms with Crippen LogP contribution in [0.25, 0.3) is 0 Å². The van der Waals surface area contributed by atoms with E-state index in [2.05, 4.69) is 48.6 Å². The lowest BCUT2D eigenvalue weighted by Crippen LogP contribution is -2.48. The van der Waals surface area contributed by atoms with Crippen molar-refractivity contribution in [1.29, 1.82) is 0 Å². The van der Waals surface area contributed by atoms with Crippen LogP contribution in [0.5, 0.6) is 0 Å². The Hall–Kier alpha value is -1.46. The van der Waals surface area contributed by atoms with E-state index >= 15 is 0 Å². The normalized spacial score (nSPS) is 13.3. The van der Waals surface area contributed by atoms with Crippen LogP contribution in [-0.4, -0.2) is 44.3 Å². The molecular weight excluding hydrogens is 256 g/mol. The molecule has 0 radical (unpaired) electrons. The Balaban J connectivity index is 4.37. The van der Waals surface area contributed by atoms with E-state index in [1.165, 1.54) is 0 Å². The standard InChI is InChI=1S/C14H30N4O2/c1-7-20-14(19)18-12(8-10(2)3)9-16-13(15-6)17-11(4)5/h10-12H,7-9H2,1-6H3,(H,18,19)(H2,15,16,17). The van der Waals surface area contributed by atoms with Gasteiger partial charge in [-0.1, -0.05) is 13.8 Å². The summed E-state index contributed by atoms with van der Waals surface area (Å²) >= 11 is 0. The third-order valence-corrected chi connectivity index (χ3v) is 2.52. The molecular formula is C14H30N4O2. The average molecular weight is 286 g/mol. The summed E-state index contributed by atoms with van der Waals surface area (Å²) in [5.74, 6) is 1.23. The Labute approximate surface area is 122 Å². The van der Waals surface area contributed by atoms with Crippen molar-refractivity contribution in [3.63, 3.8) is 0 Å². The van der Waals surface area contributed by atoms with Gasteiger partial charge in [-0.05, 0) is 33.1 Å². The number of rotatable bonds is 7. The summed E-state index contributed by atoms with van der Waals surface area (Å²) in [5, 5.41) is 9.31. The molecule has 0 aromatic carbocycles. The fraction of sp³-hybridized carbons (Fsp3) is 0.857. The quantitative estimate of drug-likeness (QED) is 0.492. The molecule has 1 unspecified atom stereocenters. The monoisotopic (exact) mass is 286 g/mol. The van der Waals surface area contributed by atoms with Crippen LogP contribution >= 0.6 is 0 Å². The van der Waals surface area contributed by atoms with Gasteiger partial charge in [-0.2, -0.15) is 0 Å². The Morgan fingerprint density at radius 2 is 1.85 bits per heavy atom. The molecule has 6 nitrogen and oxygen atoms in total. The van der Waals surface area contributed by atoms with E-state index in [-0.39, 0.29) is 12.1 Å². The van der Waals surface area contributed by atoms with E-state index in [1.807, 2.05) is 0 Å². The first-order valence-electron chi connectivity index (χ1n) is 7.29. The average Bonchev–Trinajstić information content (AvgIpc) is 2.33. The predicted octanol–water partition coefficient (Wildman–Crippen LogP) is 1.72. The van der Waals surface area contributed by atoms with Gasteiger partial charge in [0.15, 0.2) is 5.96 Å². The molecule has 3 N–H and O–H groups in total. The molecule has 0 fully saturated rings. The molecule has 1 atom stereocenters. The summed E-state index contributed by atoms with van der Waals surface area (Å²) in [6.45, 7) is 11.1. The Bertz CT molecular complexity index is 304. The molecule has 1 amide bonds. The van der Waals surface area contributed by atoms with Crippen molar-refractivity contribution in [3.8, 4) is 0 Å². The first-order valence-corrected chi connectivity index (χ1v) is 7.29. The van der Waals surface area contributed by atoms with Crippen LogP contribution in [0.1, 0.15) is 41.0 Å². The van der Waals surface area contributed by atoms with Crippen molar-refractivity contribution in [3.05, 3.63) is 0 Å². The van der Waals surface area contributed by atoms with E-state index < -0.39 is 0 Å². The zero-order valence-corrected chi connectivity index (χ0v) is 13.6. The number of aliphatic imine (C=N–C) groups is 1. The van der Waals surface area contributed by atoms with Crippen LogP contribution in [0.15, 0.2) is 4.99 Å². The molecule has 118 valence electrons. The fourth-order valence-electron chi connectivity index (χ4n) is 1.79. The molecule has 0 rings (SSSR count). The predicted molar refractivity (Wildman–Crippen MR) is 83.0 cm³/mol. The SMILES string of the molecule is CCOC(=O)NC(CNC(=NC)NC(C)C)CC(C)C. The number of carbonyl (C=O) groups excluding carboxylic acids is 1. The number of nitrogens with zero attached hydrogens (tertiary/aromatic N) is 1. The molecule has 6 heteroatoms. The summed E-state index contributed by atoms with van der Waals surface area (Å²) in [6, 6.07) is 0.322. The number of alkyl carbamates (subject to hydrolysis) is 1. The minimum atomic E-state index is -0.369. The number of amides is 1. The van der Waals surface area contributed by atoms with E-state index in [4.69, 9.17) is 4.74 Å². The number of hydrogen-bond acceptors (Lipinski definition) is 3. The second kappa shape index (κ2) is 10.3. The Kier molecular flexibility index (Phi) is 9.59. The highest BCUT2D eigenvalue weighted by Gasteiger charge is 2.15. The van der Waals surface area contributed by atoms with E-state index in [1.54, 1.807) is 14.0 Å². The highest BCUT2D eigenvalue weighted by atomic mass is 16.5. The van der Waals surface area contributed by atoms with Crippen LogP contribution in [0.4, 0.5) is 4.79 Å². The van der Waals surface area contributed by atoms with Gasteiger partial charge in [-0.15, -0.1) is 0 Å². The Morgan fingerprint density at radius 1 is 1.20 bits per heavy atom. The van der Waals surface area contributed by atoms with Crippen molar-refractivity contribution in [2.75, 3.05) is 20.2 Å². The van der Waals surface area contributed by atoms with Crippen molar-refractivity contribution >= 4 is 12.1 Å². The maximum atomic E-state index is 11.5. The van der Waals surface area contributed by atoms with Crippen LogP contribution in [0.2, 0.25) is 0 Å². The molecule has 0 saturated carbocycles. The van der Waals surface area contributed by atoms with Crippen LogP contribution in [-0.2, 0) is 4.74 Å². The molecule has 0 heterocycles. The van der Waals surface area contributed by atoms with Gasteiger partial charge >= 0.3 is 6.09 Å². The molecule has 0 aromatic rings. The fourth-order valence-corrected chi connectivity index (χ4v) is 1.79. The van der Waals surface area contributed by atoms with Crippen molar-refractivity contribution in [2.24, 2.45) is 10.9 Å². The molecule has 0 aliphatic carbocycles. The highest BCUT2D eigenvalue weighted by Crippen LogP contribution is 2.04. The van der Waals surface area contributed by atoms with Gasteiger partial charge in [0, 0.05) is 25.7 Å². The lowest BCUT2D eigenvalue weighted by molar-refractivity contribution is 0.146. The van der Waals surface area contributed by atoms with Gasteiger partial charge in [-0.25, -0.2) is 4.79 Å². The van der Waals surface area contributed by atoms with E-state index in [0.29, 0.717) is 25.1 Å². The van der Waals surface area contributed by atoms with E-state index in [0.717, 1.165) is 12.4 Å². The summed E-state index contributed by atoms with van der Waals surface area (Å²) in [5.41, 5.74) is 0. The van der Waals surface area contributed by atoms with Gasteiger partial charge in [0.1, 0.15) is 0 Å². The lowest BCUT2D eigenvalue weighted by atomic mass is 10.0. The maximum Gasteiger partial charge on any atom is 0.407 e. The molecule has 0 aliphatic rings. The number of ether oxygens (including phenoxy) is 1. The topological polar surface area (TPSA) is 74.8 Å². The highest BCUT2D eigenvalue weighted by molar-refractivity contribution is 5.80. The molecule has 0 spiro atoms. The molecule has 20 heavy (non-hydrogen) atoms. The van der Waals surface area contributed by atoms with Crippen LogP contribution in [0.3, 0.4) is 0 Å². The summed E-state index contributed by atoms with van der Waals surface area (Å²) in [7, 11) is 1.73. The van der Waals surface area contributed by atoms with Gasteiger partial charge in [0.25, 0.3) is 0 Å². The molecule has 0 aliphatic heterocycles. The molecule has 0 aromatic heterocycles. The van der Waals surface area contributed by atoms with Gasteiger partial charge in [0.05, 0.1) is 6.61 Å². The second-order valence-electron chi connectivity index (χ2n) is 5.44. The van der Waals surface area contributed by atoms with Crippen molar-refractivity contribution in [2.45, 2.75) is 53.1 Å². The molecule has 0 saturated heterocycles. The van der Waals surface area contributed by atoms with E-state index in [9.17, 15) is 4.79 Å². The lowest BCUT2D eigenvalue weighted by Gasteiger charge is -2.22. The smallest absolute Gasteiger partial charge is 0.407 e. The minimum Gasteiger partial charge on any atom is -0.450 e. The number of hydrogen-bond donors (Lipinski definition) is 3. The van der Waals surface area contributed by atoms with Crippen molar-refractivity contribution < 1.29 is 9.53 Å². The van der Waals surface area contributed by atoms with Crippen LogP contribution < -0.4 is 16.0 Å². The van der Waals surface area contributed by atoms with Gasteiger partial charge < -0.3 is 20.7 Å². The number of nitrogens with one attached hydrogen (secondary N) is 3. The largest absolute Gasteiger partial charge is 0.450 e. The minimum absolute atomic E-state index is 0.0137. The van der Waals surface area contributed by atoms with Crippen LogP contribution in [0, 0.1) is 5.92 Å². The maximum absolute atomic E-state index is 11.5. The number of guanidine groups is 1.